The highest BCUT2D eigenvalue weighted by molar-refractivity contribution is 6.32. The number of benzene rings is 2. The van der Waals surface area contributed by atoms with Gasteiger partial charge in [0.25, 0.3) is 0 Å². The average Bonchev–Trinajstić information content (AvgIpc) is 3.00. The van der Waals surface area contributed by atoms with Gasteiger partial charge in [-0.05, 0) is 30.7 Å². The molecule has 0 saturated carbocycles. The number of nitriles is 1. The minimum Gasteiger partial charge on any atom is -0.495 e. The number of ether oxygens (including phenoxy) is 2. The third kappa shape index (κ3) is 5.35. The Morgan fingerprint density at radius 2 is 1.83 bits per heavy atom. The summed E-state index contributed by atoms with van der Waals surface area (Å²) in [6.45, 7) is 3.62. The number of nitrogens with zero attached hydrogens (tertiary/aromatic N) is 3. The van der Waals surface area contributed by atoms with Crippen LogP contribution in [0.5, 0.6) is 11.5 Å². The number of anilines is 2. The summed E-state index contributed by atoms with van der Waals surface area (Å²) in [5.41, 5.74) is 2.28. The number of nitrogens with one attached hydrogen (secondary N) is 1. The van der Waals surface area contributed by atoms with Gasteiger partial charge in [0, 0.05) is 44.0 Å². The van der Waals surface area contributed by atoms with Gasteiger partial charge in [0.05, 0.1) is 43.1 Å². The first kappa shape index (κ1) is 21.8. The Hall–Kier alpha value is -2.95. The van der Waals surface area contributed by atoms with Crippen molar-refractivity contribution in [3.63, 3.8) is 0 Å². The standard InChI is InChI=1S/C22H25ClN4O3/c1-29-20-13-19(21(30-2)12-18(20)23)25-22(28)15-26-8-3-9-27(11-10-26)17-6-4-16(14-24)5-7-17/h4-7,12-13H,3,8-11,15H2,1-2H3,(H,25,28). The number of halogens is 1. The van der Waals surface area contributed by atoms with Crippen LogP contribution in [0.15, 0.2) is 36.4 Å². The Morgan fingerprint density at radius 3 is 2.50 bits per heavy atom. The molecular formula is C22H25ClN4O3. The lowest BCUT2D eigenvalue weighted by molar-refractivity contribution is -0.117. The van der Waals surface area contributed by atoms with E-state index in [1.54, 1.807) is 12.1 Å². The van der Waals surface area contributed by atoms with Crippen molar-refractivity contribution >= 4 is 28.9 Å². The van der Waals surface area contributed by atoms with Crippen molar-refractivity contribution in [3.8, 4) is 17.6 Å². The molecule has 1 fully saturated rings. The van der Waals surface area contributed by atoms with Crippen molar-refractivity contribution < 1.29 is 14.3 Å². The summed E-state index contributed by atoms with van der Waals surface area (Å²) >= 11 is 6.13. The maximum absolute atomic E-state index is 12.6. The quantitative estimate of drug-likeness (QED) is 0.760. The highest BCUT2D eigenvalue weighted by Gasteiger charge is 2.19. The van der Waals surface area contributed by atoms with Crippen molar-refractivity contribution in [3.05, 3.63) is 47.0 Å². The number of amides is 1. The highest BCUT2D eigenvalue weighted by atomic mass is 35.5. The number of carbonyl (C=O) groups excluding carboxylic acids is 1. The molecule has 0 bridgehead atoms. The molecule has 0 radical (unpaired) electrons. The lowest BCUT2D eigenvalue weighted by Crippen LogP contribution is -2.36. The summed E-state index contributed by atoms with van der Waals surface area (Å²) < 4.78 is 10.6. The number of methoxy groups -OCH3 is 2. The van der Waals surface area contributed by atoms with Crippen molar-refractivity contribution in [2.24, 2.45) is 0 Å². The largest absolute Gasteiger partial charge is 0.495 e. The second kappa shape index (κ2) is 10.2. The Balaban J connectivity index is 1.59. The van der Waals surface area contributed by atoms with Gasteiger partial charge in [0.15, 0.2) is 0 Å². The smallest absolute Gasteiger partial charge is 0.238 e. The number of rotatable bonds is 6. The molecule has 0 aromatic heterocycles. The third-order valence-corrected chi connectivity index (χ3v) is 5.36. The molecule has 1 heterocycles. The zero-order chi connectivity index (χ0) is 21.5. The van der Waals surface area contributed by atoms with Crippen molar-refractivity contribution in [2.75, 3.05) is 57.2 Å². The lowest BCUT2D eigenvalue weighted by Gasteiger charge is -2.23. The Bertz CT molecular complexity index is 927. The van der Waals surface area contributed by atoms with Crippen LogP contribution in [0.3, 0.4) is 0 Å². The van der Waals surface area contributed by atoms with Gasteiger partial charge in [-0.1, -0.05) is 11.6 Å². The molecule has 0 aliphatic carbocycles. The molecule has 0 spiro atoms. The van der Waals surface area contributed by atoms with Gasteiger partial charge in [-0.2, -0.15) is 5.26 Å². The van der Waals surface area contributed by atoms with Gasteiger partial charge in [0.2, 0.25) is 5.91 Å². The van der Waals surface area contributed by atoms with Crippen molar-refractivity contribution in [1.82, 2.24) is 4.90 Å². The number of hydrogen-bond acceptors (Lipinski definition) is 6. The SMILES string of the molecule is COc1cc(NC(=O)CN2CCCN(c3ccc(C#N)cc3)CC2)c(OC)cc1Cl. The molecule has 0 unspecified atom stereocenters. The molecule has 0 atom stereocenters. The van der Waals surface area contributed by atoms with E-state index in [4.69, 9.17) is 26.3 Å². The second-order valence-electron chi connectivity index (χ2n) is 7.01. The van der Waals surface area contributed by atoms with E-state index in [0.29, 0.717) is 27.8 Å². The predicted molar refractivity (Wildman–Crippen MR) is 118 cm³/mol. The molecule has 1 aliphatic heterocycles. The Labute approximate surface area is 181 Å². The van der Waals surface area contributed by atoms with Crippen LogP contribution in [0.25, 0.3) is 0 Å². The monoisotopic (exact) mass is 428 g/mol. The molecule has 8 heteroatoms. The molecule has 2 aromatic rings. The molecular weight excluding hydrogens is 404 g/mol. The van der Waals surface area contributed by atoms with E-state index < -0.39 is 0 Å². The molecule has 7 nitrogen and oxygen atoms in total. The summed E-state index contributed by atoms with van der Waals surface area (Å²) in [6.07, 6.45) is 0.950. The summed E-state index contributed by atoms with van der Waals surface area (Å²) in [5, 5.41) is 12.3. The average molecular weight is 429 g/mol. The van der Waals surface area contributed by atoms with Crippen LogP contribution in [-0.2, 0) is 4.79 Å². The molecule has 1 amide bonds. The molecule has 158 valence electrons. The van der Waals surface area contributed by atoms with Crippen LogP contribution in [0.4, 0.5) is 11.4 Å². The van der Waals surface area contributed by atoms with Crippen LogP contribution in [0.1, 0.15) is 12.0 Å². The summed E-state index contributed by atoms with van der Waals surface area (Å²) in [4.78, 5) is 17.1. The molecule has 2 aromatic carbocycles. The zero-order valence-corrected chi connectivity index (χ0v) is 17.9. The van der Waals surface area contributed by atoms with E-state index in [9.17, 15) is 4.79 Å². The fourth-order valence-electron chi connectivity index (χ4n) is 3.48. The highest BCUT2D eigenvalue weighted by Crippen LogP contribution is 2.35. The van der Waals surface area contributed by atoms with E-state index in [-0.39, 0.29) is 12.5 Å². The third-order valence-electron chi connectivity index (χ3n) is 5.07. The summed E-state index contributed by atoms with van der Waals surface area (Å²) in [7, 11) is 3.05. The lowest BCUT2D eigenvalue weighted by atomic mass is 10.2. The van der Waals surface area contributed by atoms with E-state index >= 15 is 0 Å². The second-order valence-corrected chi connectivity index (χ2v) is 7.42. The topological polar surface area (TPSA) is 77.8 Å². The fourth-order valence-corrected chi connectivity index (χ4v) is 3.72. The molecule has 1 aliphatic rings. The van der Waals surface area contributed by atoms with Gasteiger partial charge in [-0.25, -0.2) is 0 Å². The minimum absolute atomic E-state index is 0.121. The molecule has 1 N–H and O–H groups in total. The first-order valence-electron chi connectivity index (χ1n) is 9.73. The molecule has 30 heavy (non-hydrogen) atoms. The maximum atomic E-state index is 12.6. The summed E-state index contributed by atoms with van der Waals surface area (Å²) in [6, 6.07) is 13.0. The van der Waals surface area contributed by atoms with Gasteiger partial charge in [-0.3, -0.25) is 9.69 Å². The minimum atomic E-state index is -0.121. The van der Waals surface area contributed by atoms with Gasteiger partial charge in [-0.15, -0.1) is 0 Å². The van der Waals surface area contributed by atoms with Crippen LogP contribution in [-0.4, -0.2) is 57.8 Å². The first-order chi connectivity index (χ1) is 14.5. The van der Waals surface area contributed by atoms with Crippen LogP contribution in [0, 0.1) is 11.3 Å². The zero-order valence-electron chi connectivity index (χ0n) is 17.2. The fraction of sp³-hybridized carbons (Fsp3) is 0.364. The molecule has 1 saturated heterocycles. The van der Waals surface area contributed by atoms with E-state index in [1.165, 1.54) is 14.2 Å². The van der Waals surface area contributed by atoms with Crippen LogP contribution in [0.2, 0.25) is 5.02 Å². The van der Waals surface area contributed by atoms with Crippen molar-refractivity contribution in [1.29, 1.82) is 5.26 Å². The predicted octanol–water partition coefficient (Wildman–Crippen LogP) is 3.38. The number of carbonyl (C=O) groups is 1. The van der Waals surface area contributed by atoms with E-state index in [1.807, 2.05) is 24.3 Å². The van der Waals surface area contributed by atoms with Crippen LogP contribution < -0.4 is 19.7 Å². The van der Waals surface area contributed by atoms with Gasteiger partial charge < -0.3 is 19.7 Å². The van der Waals surface area contributed by atoms with Crippen LogP contribution >= 0.6 is 11.6 Å². The molecule has 3 rings (SSSR count). The van der Waals surface area contributed by atoms with Crippen molar-refractivity contribution in [2.45, 2.75) is 6.42 Å². The van der Waals surface area contributed by atoms with E-state index in [2.05, 4.69) is 21.2 Å². The first-order valence-corrected chi connectivity index (χ1v) is 10.1. The normalized spacial score (nSPS) is 14.5. The van der Waals surface area contributed by atoms with Gasteiger partial charge >= 0.3 is 0 Å². The van der Waals surface area contributed by atoms with E-state index in [0.717, 1.165) is 38.3 Å². The number of hydrogen-bond donors (Lipinski definition) is 1. The van der Waals surface area contributed by atoms with Gasteiger partial charge in [0.1, 0.15) is 11.5 Å². The maximum Gasteiger partial charge on any atom is 0.238 e. The Morgan fingerprint density at radius 1 is 1.10 bits per heavy atom. The summed E-state index contributed by atoms with van der Waals surface area (Å²) in [5.74, 6) is 0.835. The Kier molecular flexibility index (Phi) is 7.39.